The first-order valence-corrected chi connectivity index (χ1v) is 10.9. The molecule has 0 radical (unpaired) electrons. The standard InChI is InChI=1S/C23H30N4O3/c1-14-5-6-17(12-24-14)18-25-19(30-27-18)22-8-15-7-16(9-22)11-23(10-15,13-22)26-20(28)29-21(2,3)4/h5-6,12,15-16H,7-11,13H2,1-4H3,(H,26,28). The molecule has 0 aliphatic heterocycles. The third-order valence-corrected chi connectivity index (χ3v) is 6.88. The van der Waals surface area contributed by atoms with Crippen LogP contribution in [0.3, 0.4) is 0 Å². The molecule has 0 aromatic carbocycles. The van der Waals surface area contributed by atoms with Gasteiger partial charge in [-0.2, -0.15) is 4.98 Å². The lowest BCUT2D eigenvalue weighted by molar-refractivity contribution is -0.0549. The number of ether oxygens (including phenoxy) is 1. The van der Waals surface area contributed by atoms with Gasteiger partial charge in [0.2, 0.25) is 11.7 Å². The summed E-state index contributed by atoms with van der Waals surface area (Å²) in [6, 6.07) is 3.93. The van der Waals surface area contributed by atoms with Crippen molar-refractivity contribution in [3.8, 4) is 11.4 Å². The van der Waals surface area contributed by atoms with Crippen molar-refractivity contribution in [3.63, 3.8) is 0 Å². The number of aromatic nitrogens is 3. The third-order valence-electron chi connectivity index (χ3n) is 6.88. The number of nitrogens with one attached hydrogen (secondary N) is 1. The molecular weight excluding hydrogens is 380 g/mol. The van der Waals surface area contributed by atoms with Gasteiger partial charge in [0, 0.05) is 23.0 Å². The lowest BCUT2D eigenvalue weighted by Crippen LogP contribution is -2.64. The Morgan fingerprint density at radius 2 is 1.93 bits per heavy atom. The van der Waals surface area contributed by atoms with E-state index in [0.29, 0.717) is 23.6 Å². The zero-order chi connectivity index (χ0) is 21.1. The van der Waals surface area contributed by atoms with Crippen molar-refractivity contribution >= 4 is 6.09 Å². The Hall–Kier alpha value is -2.44. The summed E-state index contributed by atoms with van der Waals surface area (Å²) in [5.74, 6) is 2.43. The van der Waals surface area contributed by atoms with Gasteiger partial charge < -0.3 is 14.6 Å². The Morgan fingerprint density at radius 3 is 2.57 bits per heavy atom. The molecule has 4 saturated carbocycles. The zero-order valence-electron chi connectivity index (χ0n) is 18.2. The summed E-state index contributed by atoms with van der Waals surface area (Å²) in [4.78, 5) is 21.8. The van der Waals surface area contributed by atoms with Crippen molar-refractivity contribution < 1.29 is 14.1 Å². The fraction of sp³-hybridized carbons (Fsp3) is 0.652. The molecule has 30 heavy (non-hydrogen) atoms. The van der Waals surface area contributed by atoms with Crippen LogP contribution in [0.2, 0.25) is 0 Å². The smallest absolute Gasteiger partial charge is 0.408 e. The van der Waals surface area contributed by atoms with E-state index in [1.54, 1.807) is 6.20 Å². The monoisotopic (exact) mass is 410 g/mol. The summed E-state index contributed by atoms with van der Waals surface area (Å²) < 4.78 is 11.4. The molecule has 1 N–H and O–H groups in total. The maximum atomic E-state index is 12.6. The number of nitrogens with zero attached hydrogens (tertiary/aromatic N) is 3. The Labute approximate surface area is 177 Å². The van der Waals surface area contributed by atoms with Crippen molar-refractivity contribution in [1.82, 2.24) is 20.4 Å². The second-order valence-electron chi connectivity index (χ2n) is 10.8. The molecule has 4 bridgehead atoms. The Morgan fingerprint density at radius 1 is 1.20 bits per heavy atom. The topological polar surface area (TPSA) is 90.1 Å². The van der Waals surface area contributed by atoms with Crippen molar-refractivity contribution in [3.05, 3.63) is 29.9 Å². The summed E-state index contributed by atoms with van der Waals surface area (Å²) >= 11 is 0. The minimum absolute atomic E-state index is 0.164. The number of hydrogen-bond acceptors (Lipinski definition) is 6. The van der Waals surface area contributed by atoms with Gasteiger partial charge in [-0.1, -0.05) is 5.16 Å². The molecule has 4 aliphatic carbocycles. The summed E-state index contributed by atoms with van der Waals surface area (Å²) in [7, 11) is 0. The number of hydrogen-bond donors (Lipinski definition) is 1. The van der Waals surface area contributed by atoms with Crippen LogP contribution in [0.1, 0.15) is 70.9 Å². The molecule has 160 valence electrons. The third kappa shape index (κ3) is 3.48. The van der Waals surface area contributed by atoms with Crippen LogP contribution in [0.5, 0.6) is 0 Å². The first-order valence-electron chi connectivity index (χ1n) is 10.9. The van der Waals surface area contributed by atoms with Crippen molar-refractivity contribution in [1.29, 1.82) is 0 Å². The zero-order valence-corrected chi connectivity index (χ0v) is 18.2. The molecular formula is C23H30N4O3. The van der Waals surface area contributed by atoms with Gasteiger partial charge in [0.25, 0.3) is 0 Å². The van der Waals surface area contributed by atoms with Crippen LogP contribution >= 0.6 is 0 Å². The number of alkyl carbamates (subject to hydrolysis) is 1. The molecule has 0 saturated heterocycles. The van der Waals surface area contributed by atoms with Crippen LogP contribution in [-0.2, 0) is 10.2 Å². The van der Waals surface area contributed by atoms with Gasteiger partial charge in [-0.25, -0.2) is 4.79 Å². The van der Waals surface area contributed by atoms with Crippen LogP contribution in [-0.4, -0.2) is 32.4 Å². The van der Waals surface area contributed by atoms with Gasteiger partial charge in [-0.05, 0) is 90.2 Å². The highest BCUT2D eigenvalue weighted by Gasteiger charge is 2.61. The van der Waals surface area contributed by atoms with Crippen LogP contribution in [0.25, 0.3) is 11.4 Å². The number of carbonyl (C=O) groups excluding carboxylic acids is 1. The van der Waals surface area contributed by atoms with Gasteiger partial charge in [0.15, 0.2) is 0 Å². The minimum Gasteiger partial charge on any atom is -0.444 e. The highest BCUT2D eigenvalue weighted by Crippen LogP contribution is 2.62. The number of pyridine rings is 1. The molecule has 4 aliphatic rings. The van der Waals surface area contributed by atoms with Crippen LogP contribution < -0.4 is 5.32 Å². The fourth-order valence-electron chi connectivity index (χ4n) is 6.34. The Bertz CT molecular complexity index is 946. The number of carbonyl (C=O) groups is 1. The molecule has 0 spiro atoms. The number of aryl methyl sites for hydroxylation is 1. The summed E-state index contributed by atoms with van der Waals surface area (Å²) in [5, 5.41) is 7.53. The maximum absolute atomic E-state index is 12.6. The van der Waals surface area contributed by atoms with E-state index in [9.17, 15) is 4.79 Å². The summed E-state index contributed by atoms with van der Waals surface area (Å²) in [6.07, 6.45) is 7.64. The Balaban J connectivity index is 1.42. The predicted octanol–water partition coefficient (Wildman–Crippen LogP) is 4.56. The van der Waals surface area contributed by atoms with Gasteiger partial charge in [0.05, 0.1) is 5.41 Å². The minimum atomic E-state index is -0.506. The van der Waals surface area contributed by atoms with Crippen molar-refractivity contribution in [2.75, 3.05) is 0 Å². The SMILES string of the molecule is Cc1ccc(-c2noc(C34CC5CC(CC(NC(=O)OC(C)(C)C)(C5)C3)C4)n2)cn1. The van der Waals surface area contributed by atoms with E-state index >= 15 is 0 Å². The molecule has 2 aromatic rings. The molecule has 2 heterocycles. The van der Waals surface area contributed by atoms with E-state index < -0.39 is 5.60 Å². The molecule has 7 nitrogen and oxygen atoms in total. The second-order valence-corrected chi connectivity index (χ2v) is 10.8. The molecule has 6 rings (SSSR count). The van der Waals surface area contributed by atoms with Crippen molar-refractivity contribution in [2.24, 2.45) is 11.8 Å². The summed E-state index contributed by atoms with van der Waals surface area (Å²) in [6.45, 7) is 7.65. The molecule has 7 heteroatoms. The lowest BCUT2D eigenvalue weighted by Gasteiger charge is -2.60. The first-order chi connectivity index (χ1) is 14.1. The average molecular weight is 411 g/mol. The van der Waals surface area contributed by atoms with Gasteiger partial charge >= 0.3 is 6.09 Å². The van der Waals surface area contributed by atoms with Gasteiger partial charge in [0.1, 0.15) is 5.60 Å². The van der Waals surface area contributed by atoms with E-state index in [-0.39, 0.29) is 17.0 Å². The lowest BCUT2D eigenvalue weighted by atomic mass is 9.47. The van der Waals surface area contributed by atoms with E-state index in [1.807, 2.05) is 39.8 Å². The van der Waals surface area contributed by atoms with Crippen LogP contribution in [0.15, 0.2) is 22.9 Å². The van der Waals surface area contributed by atoms with E-state index in [0.717, 1.165) is 43.4 Å². The maximum Gasteiger partial charge on any atom is 0.408 e. The molecule has 2 atom stereocenters. The molecule has 1 amide bonds. The normalized spacial score (nSPS) is 32.3. The molecule has 2 aromatic heterocycles. The van der Waals surface area contributed by atoms with E-state index in [2.05, 4.69) is 15.5 Å². The fourth-order valence-corrected chi connectivity index (χ4v) is 6.34. The average Bonchev–Trinajstić information content (AvgIpc) is 3.10. The van der Waals surface area contributed by atoms with Crippen LogP contribution in [0, 0.1) is 18.8 Å². The largest absolute Gasteiger partial charge is 0.444 e. The first kappa shape index (κ1) is 19.5. The summed E-state index contributed by atoms with van der Waals surface area (Å²) in [5.41, 5.74) is 0.906. The van der Waals surface area contributed by atoms with Crippen LogP contribution in [0.4, 0.5) is 4.79 Å². The Kier molecular flexibility index (Phi) is 4.25. The highest BCUT2D eigenvalue weighted by atomic mass is 16.6. The highest BCUT2D eigenvalue weighted by molar-refractivity contribution is 5.69. The van der Waals surface area contributed by atoms with Gasteiger partial charge in [-0.3, -0.25) is 4.98 Å². The van der Waals surface area contributed by atoms with E-state index in [4.69, 9.17) is 14.2 Å². The molecule has 4 fully saturated rings. The second kappa shape index (κ2) is 6.53. The van der Waals surface area contributed by atoms with Gasteiger partial charge in [-0.15, -0.1) is 0 Å². The quantitative estimate of drug-likeness (QED) is 0.798. The number of rotatable bonds is 3. The molecule has 2 unspecified atom stereocenters. The number of amides is 1. The van der Waals surface area contributed by atoms with Crippen molar-refractivity contribution in [2.45, 2.75) is 82.8 Å². The predicted molar refractivity (Wildman–Crippen MR) is 111 cm³/mol. The van der Waals surface area contributed by atoms with E-state index in [1.165, 1.54) is 6.42 Å².